The molecule has 4 heteroatoms. The summed E-state index contributed by atoms with van der Waals surface area (Å²) < 4.78 is 10.5. The molecule has 1 unspecified atom stereocenters. The molecule has 1 aromatic carbocycles. The summed E-state index contributed by atoms with van der Waals surface area (Å²) in [5, 5.41) is 0. The normalized spacial score (nSPS) is 11.8. The van der Waals surface area contributed by atoms with Gasteiger partial charge in [-0.05, 0) is 30.5 Å². The number of benzene rings is 1. The lowest BCUT2D eigenvalue weighted by Gasteiger charge is -2.10. The van der Waals surface area contributed by atoms with E-state index in [1.807, 2.05) is 6.92 Å². The van der Waals surface area contributed by atoms with Crippen molar-refractivity contribution in [1.82, 2.24) is 0 Å². The lowest BCUT2D eigenvalue weighted by Crippen LogP contribution is -2.13. The van der Waals surface area contributed by atoms with E-state index in [9.17, 15) is 9.59 Å². The van der Waals surface area contributed by atoms with Crippen molar-refractivity contribution in [2.45, 2.75) is 52.9 Å². The summed E-state index contributed by atoms with van der Waals surface area (Å²) in [5.74, 6) is -0.462. The minimum Gasteiger partial charge on any atom is -0.462 e. The van der Waals surface area contributed by atoms with Gasteiger partial charge in [0.25, 0.3) is 0 Å². The molecule has 1 aromatic rings. The van der Waals surface area contributed by atoms with Gasteiger partial charge < -0.3 is 9.47 Å². The van der Waals surface area contributed by atoms with E-state index in [4.69, 9.17) is 9.47 Å². The molecule has 1 rings (SSSR count). The summed E-state index contributed by atoms with van der Waals surface area (Å²) in [6.07, 6.45) is 5.18. The first kappa shape index (κ1) is 19.2. The van der Waals surface area contributed by atoms with Crippen LogP contribution in [0.3, 0.4) is 0 Å². The zero-order valence-electron chi connectivity index (χ0n) is 14.5. The molecular weight excluding hydrogens is 292 g/mol. The van der Waals surface area contributed by atoms with Crippen LogP contribution in [0, 0.1) is 5.92 Å². The number of unbranched alkanes of at least 4 members (excludes halogenated alkanes) is 3. The average molecular weight is 320 g/mol. The van der Waals surface area contributed by atoms with Gasteiger partial charge >= 0.3 is 11.9 Å². The van der Waals surface area contributed by atoms with Gasteiger partial charge in [-0.1, -0.05) is 52.5 Å². The largest absolute Gasteiger partial charge is 0.462 e. The van der Waals surface area contributed by atoms with Crippen molar-refractivity contribution in [3.63, 3.8) is 0 Å². The Labute approximate surface area is 139 Å². The predicted molar refractivity (Wildman–Crippen MR) is 90.6 cm³/mol. The second-order valence-electron chi connectivity index (χ2n) is 5.89. The quantitative estimate of drug-likeness (QED) is 0.466. The van der Waals surface area contributed by atoms with Gasteiger partial charge in [0, 0.05) is 0 Å². The maximum atomic E-state index is 12.0. The highest BCUT2D eigenvalue weighted by Crippen LogP contribution is 2.11. The summed E-state index contributed by atoms with van der Waals surface area (Å²) in [6.45, 7) is 7.02. The van der Waals surface area contributed by atoms with Crippen molar-refractivity contribution in [3.05, 3.63) is 35.4 Å². The van der Waals surface area contributed by atoms with Crippen molar-refractivity contribution >= 4 is 11.9 Å². The Bertz CT molecular complexity index is 496. The molecule has 1 atom stereocenters. The highest BCUT2D eigenvalue weighted by atomic mass is 16.5. The number of hydrogen-bond acceptors (Lipinski definition) is 4. The molecule has 0 aromatic heterocycles. The van der Waals surface area contributed by atoms with E-state index in [2.05, 4.69) is 13.8 Å². The van der Waals surface area contributed by atoms with Crippen molar-refractivity contribution in [1.29, 1.82) is 0 Å². The fraction of sp³-hybridized carbons (Fsp3) is 0.579. The number of carbonyl (C=O) groups is 2. The van der Waals surface area contributed by atoms with E-state index in [-0.39, 0.29) is 0 Å². The molecule has 0 radical (unpaired) electrons. The molecule has 0 N–H and O–H groups in total. The molecule has 0 spiro atoms. The average Bonchev–Trinajstić information content (AvgIpc) is 2.59. The van der Waals surface area contributed by atoms with Crippen LogP contribution in [0.1, 0.15) is 73.6 Å². The van der Waals surface area contributed by atoms with Gasteiger partial charge in [-0.3, -0.25) is 0 Å². The van der Waals surface area contributed by atoms with Gasteiger partial charge in [-0.15, -0.1) is 0 Å². The van der Waals surface area contributed by atoms with E-state index in [1.165, 1.54) is 6.07 Å². The molecule has 0 aliphatic heterocycles. The van der Waals surface area contributed by atoms with E-state index in [0.717, 1.165) is 32.1 Å². The minimum absolute atomic E-state index is 0.329. The zero-order chi connectivity index (χ0) is 17.1. The third kappa shape index (κ3) is 7.31. The molecule has 4 nitrogen and oxygen atoms in total. The van der Waals surface area contributed by atoms with Crippen LogP contribution < -0.4 is 0 Å². The van der Waals surface area contributed by atoms with E-state index in [0.29, 0.717) is 30.3 Å². The van der Waals surface area contributed by atoms with Gasteiger partial charge in [0.2, 0.25) is 0 Å². The second kappa shape index (κ2) is 10.8. The summed E-state index contributed by atoms with van der Waals surface area (Å²) in [5.41, 5.74) is 0.771. The highest BCUT2D eigenvalue weighted by molar-refractivity contribution is 5.95. The lowest BCUT2D eigenvalue weighted by molar-refractivity contribution is 0.0447. The maximum absolute atomic E-state index is 12.0. The van der Waals surface area contributed by atoms with E-state index < -0.39 is 11.9 Å². The van der Waals surface area contributed by atoms with Gasteiger partial charge in [-0.25, -0.2) is 9.59 Å². The van der Waals surface area contributed by atoms with E-state index in [1.54, 1.807) is 18.2 Å². The van der Waals surface area contributed by atoms with Crippen LogP contribution in [0.5, 0.6) is 0 Å². The number of carbonyl (C=O) groups excluding carboxylic acids is 2. The Balaban J connectivity index is 2.51. The van der Waals surface area contributed by atoms with Crippen LogP contribution in [-0.2, 0) is 9.47 Å². The Morgan fingerprint density at radius 2 is 1.65 bits per heavy atom. The molecule has 0 saturated carbocycles. The lowest BCUT2D eigenvalue weighted by atomic mass is 10.1. The first-order valence-electron chi connectivity index (χ1n) is 8.52. The minimum atomic E-state index is -0.400. The molecule has 128 valence electrons. The third-order valence-electron chi connectivity index (χ3n) is 3.76. The first-order chi connectivity index (χ1) is 11.1. The SMILES string of the molecule is CCCCCCOC(=O)c1cccc(C(=O)OCC(C)CC)c1. The fourth-order valence-electron chi connectivity index (χ4n) is 1.97. The number of ether oxygens (including phenoxy) is 2. The maximum Gasteiger partial charge on any atom is 0.338 e. The third-order valence-corrected chi connectivity index (χ3v) is 3.76. The molecule has 0 aliphatic rings. The van der Waals surface area contributed by atoms with E-state index >= 15 is 0 Å². The predicted octanol–water partition coefficient (Wildman–Crippen LogP) is 4.63. The van der Waals surface area contributed by atoms with Crippen LogP contribution in [0.15, 0.2) is 24.3 Å². The Morgan fingerprint density at radius 1 is 1.00 bits per heavy atom. The smallest absolute Gasteiger partial charge is 0.338 e. The Hall–Kier alpha value is -1.84. The summed E-state index contributed by atoms with van der Waals surface area (Å²) in [7, 11) is 0. The number of esters is 2. The molecule has 0 heterocycles. The fourth-order valence-corrected chi connectivity index (χ4v) is 1.97. The van der Waals surface area contributed by atoms with Crippen LogP contribution in [0.25, 0.3) is 0 Å². The van der Waals surface area contributed by atoms with Crippen LogP contribution in [-0.4, -0.2) is 25.2 Å². The van der Waals surface area contributed by atoms with Crippen LogP contribution in [0.2, 0.25) is 0 Å². The summed E-state index contributed by atoms with van der Waals surface area (Å²) in [6, 6.07) is 6.51. The van der Waals surface area contributed by atoms with Gasteiger partial charge in [0.05, 0.1) is 24.3 Å². The highest BCUT2D eigenvalue weighted by Gasteiger charge is 2.13. The molecule has 0 bridgehead atoms. The Kier molecular flexibility index (Phi) is 9.03. The topological polar surface area (TPSA) is 52.6 Å². The summed E-state index contributed by atoms with van der Waals surface area (Å²) in [4.78, 5) is 24.0. The van der Waals surface area contributed by atoms with Crippen molar-refractivity contribution in [2.75, 3.05) is 13.2 Å². The molecule has 23 heavy (non-hydrogen) atoms. The molecular formula is C19H28O4. The summed E-state index contributed by atoms with van der Waals surface area (Å²) >= 11 is 0. The van der Waals surface area contributed by atoms with Gasteiger partial charge in [0.1, 0.15) is 0 Å². The molecule has 0 aliphatic carbocycles. The van der Waals surface area contributed by atoms with Crippen molar-refractivity contribution in [3.8, 4) is 0 Å². The monoisotopic (exact) mass is 320 g/mol. The molecule has 0 saturated heterocycles. The van der Waals surface area contributed by atoms with Crippen molar-refractivity contribution in [2.24, 2.45) is 5.92 Å². The first-order valence-corrected chi connectivity index (χ1v) is 8.52. The molecule has 0 amide bonds. The Morgan fingerprint density at radius 3 is 2.26 bits per heavy atom. The second-order valence-corrected chi connectivity index (χ2v) is 5.89. The number of hydrogen-bond donors (Lipinski definition) is 0. The van der Waals surface area contributed by atoms with Crippen molar-refractivity contribution < 1.29 is 19.1 Å². The standard InChI is InChI=1S/C19H28O4/c1-4-6-7-8-12-22-18(20)16-10-9-11-17(13-16)19(21)23-14-15(3)5-2/h9-11,13,15H,4-8,12,14H2,1-3H3. The van der Waals surface area contributed by atoms with Crippen LogP contribution in [0.4, 0.5) is 0 Å². The number of rotatable bonds is 10. The van der Waals surface area contributed by atoms with Crippen LogP contribution >= 0.6 is 0 Å². The van der Waals surface area contributed by atoms with Gasteiger partial charge in [-0.2, -0.15) is 0 Å². The van der Waals surface area contributed by atoms with Gasteiger partial charge in [0.15, 0.2) is 0 Å². The molecule has 0 fully saturated rings. The zero-order valence-corrected chi connectivity index (χ0v) is 14.5.